The van der Waals surface area contributed by atoms with Crippen LogP contribution in [0.2, 0.25) is 0 Å². The molecule has 0 aromatic heterocycles. The Bertz CT molecular complexity index is 271. The van der Waals surface area contributed by atoms with Crippen LogP contribution in [0.25, 0.3) is 0 Å². The standard InChI is InChI=1S/C13H22O/c1-9(2)11-7-6-8-13(5,10(3)4)12(11)14/h6-7,9-10,14H,8H2,1-5H3. The fourth-order valence-corrected chi connectivity index (χ4v) is 1.91. The molecule has 0 amide bonds. The van der Waals surface area contributed by atoms with Crippen LogP contribution >= 0.6 is 0 Å². The second-order valence-electron chi connectivity index (χ2n) is 5.14. The Balaban J connectivity index is 3.11. The van der Waals surface area contributed by atoms with Gasteiger partial charge in [-0.3, -0.25) is 0 Å². The highest BCUT2D eigenvalue weighted by Crippen LogP contribution is 2.43. The molecule has 80 valence electrons. The molecule has 1 aliphatic carbocycles. The highest BCUT2D eigenvalue weighted by atomic mass is 16.3. The van der Waals surface area contributed by atoms with Crippen molar-refractivity contribution < 1.29 is 5.11 Å². The predicted molar refractivity (Wildman–Crippen MR) is 61.2 cm³/mol. The summed E-state index contributed by atoms with van der Waals surface area (Å²) >= 11 is 0. The number of allylic oxidation sites excluding steroid dienone is 4. The molecule has 14 heavy (non-hydrogen) atoms. The van der Waals surface area contributed by atoms with Crippen LogP contribution in [-0.4, -0.2) is 5.11 Å². The molecule has 0 heterocycles. The molecule has 0 saturated heterocycles. The maximum absolute atomic E-state index is 10.3. The van der Waals surface area contributed by atoms with E-state index in [1.165, 1.54) is 0 Å². The third-order valence-corrected chi connectivity index (χ3v) is 3.55. The molecule has 0 aromatic rings. The van der Waals surface area contributed by atoms with Crippen molar-refractivity contribution in [3.8, 4) is 0 Å². The first-order chi connectivity index (χ1) is 6.39. The third kappa shape index (κ3) is 1.73. The number of aliphatic hydroxyl groups is 1. The maximum Gasteiger partial charge on any atom is 0.102 e. The van der Waals surface area contributed by atoms with Crippen molar-refractivity contribution in [2.75, 3.05) is 0 Å². The van der Waals surface area contributed by atoms with E-state index in [-0.39, 0.29) is 5.41 Å². The van der Waals surface area contributed by atoms with E-state index in [1.54, 1.807) is 0 Å². The second kappa shape index (κ2) is 3.80. The molecule has 1 nitrogen and oxygen atoms in total. The summed E-state index contributed by atoms with van der Waals surface area (Å²) in [5.41, 5.74) is 1.04. The lowest BCUT2D eigenvalue weighted by molar-refractivity contribution is 0.168. The van der Waals surface area contributed by atoms with Crippen LogP contribution in [0.4, 0.5) is 0 Å². The minimum Gasteiger partial charge on any atom is -0.511 e. The van der Waals surface area contributed by atoms with E-state index < -0.39 is 0 Å². The Hall–Kier alpha value is -0.720. The van der Waals surface area contributed by atoms with E-state index in [0.717, 1.165) is 12.0 Å². The summed E-state index contributed by atoms with van der Waals surface area (Å²) in [7, 11) is 0. The van der Waals surface area contributed by atoms with Gasteiger partial charge in [0.2, 0.25) is 0 Å². The van der Waals surface area contributed by atoms with Crippen LogP contribution in [0.3, 0.4) is 0 Å². The topological polar surface area (TPSA) is 20.2 Å². The molecule has 0 bridgehead atoms. The highest BCUT2D eigenvalue weighted by Gasteiger charge is 2.35. The van der Waals surface area contributed by atoms with Gasteiger partial charge in [0.25, 0.3) is 0 Å². The van der Waals surface area contributed by atoms with Crippen molar-refractivity contribution in [2.24, 2.45) is 17.3 Å². The number of aliphatic hydroxyl groups excluding tert-OH is 1. The second-order valence-corrected chi connectivity index (χ2v) is 5.14. The maximum atomic E-state index is 10.3. The molecule has 1 unspecified atom stereocenters. The van der Waals surface area contributed by atoms with Crippen molar-refractivity contribution in [1.29, 1.82) is 0 Å². The van der Waals surface area contributed by atoms with Gasteiger partial charge in [-0.15, -0.1) is 0 Å². The first kappa shape index (κ1) is 11.4. The Morgan fingerprint density at radius 1 is 1.29 bits per heavy atom. The van der Waals surface area contributed by atoms with Crippen molar-refractivity contribution in [2.45, 2.75) is 41.0 Å². The monoisotopic (exact) mass is 194 g/mol. The third-order valence-electron chi connectivity index (χ3n) is 3.55. The van der Waals surface area contributed by atoms with Gasteiger partial charge in [-0.25, -0.2) is 0 Å². The zero-order valence-corrected chi connectivity index (χ0v) is 9.96. The van der Waals surface area contributed by atoms with Crippen LogP contribution in [0.15, 0.2) is 23.5 Å². The summed E-state index contributed by atoms with van der Waals surface area (Å²) in [4.78, 5) is 0. The fourth-order valence-electron chi connectivity index (χ4n) is 1.91. The number of rotatable bonds is 2. The molecular formula is C13H22O. The van der Waals surface area contributed by atoms with Gasteiger partial charge in [-0.2, -0.15) is 0 Å². The van der Waals surface area contributed by atoms with Crippen LogP contribution in [0.1, 0.15) is 41.0 Å². The molecular weight excluding hydrogens is 172 g/mol. The summed E-state index contributed by atoms with van der Waals surface area (Å²) in [6.07, 6.45) is 5.21. The quantitative estimate of drug-likeness (QED) is 0.702. The van der Waals surface area contributed by atoms with Gasteiger partial charge < -0.3 is 5.11 Å². The molecule has 1 heteroatoms. The fraction of sp³-hybridized carbons (Fsp3) is 0.692. The van der Waals surface area contributed by atoms with Gasteiger partial charge in [-0.1, -0.05) is 46.8 Å². The van der Waals surface area contributed by atoms with Gasteiger partial charge in [-0.05, 0) is 23.8 Å². The Labute approximate surface area is 87.5 Å². The molecule has 0 spiro atoms. The summed E-state index contributed by atoms with van der Waals surface area (Å²) in [5.74, 6) is 1.48. The molecule has 0 aromatic carbocycles. The summed E-state index contributed by atoms with van der Waals surface area (Å²) < 4.78 is 0. The smallest absolute Gasteiger partial charge is 0.102 e. The zero-order valence-electron chi connectivity index (χ0n) is 9.96. The van der Waals surface area contributed by atoms with Gasteiger partial charge in [0.1, 0.15) is 5.76 Å². The minimum absolute atomic E-state index is 0.0612. The highest BCUT2D eigenvalue weighted by molar-refractivity contribution is 5.32. The Morgan fingerprint density at radius 2 is 1.86 bits per heavy atom. The van der Waals surface area contributed by atoms with E-state index in [2.05, 4.69) is 46.8 Å². The Morgan fingerprint density at radius 3 is 2.29 bits per heavy atom. The van der Waals surface area contributed by atoms with E-state index >= 15 is 0 Å². The van der Waals surface area contributed by atoms with Crippen LogP contribution in [-0.2, 0) is 0 Å². The molecule has 0 radical (unpaired) electrons. The summed E-state index contributed by atoms with van der Waals surface area (Å²) in [6.45, 7) is 10.8. The summed E-state index contributed by atoms with van der Waals surface area (Å²) in [5, 5.41) is 10.3. The number of hydrogen-bond acceptors (Lipinski definition) is 1. The van der Waals surface area contributed by atoms with E-state index in [0.29, 0.717) is 17.6 Å². The van der Waals surface area contributed by atoms with Crippen molar-refractivity contribution >= 4 is 0 Å². The van der Waals surface area contributed by atoms with Crippen LogP contribution < -0.4 is 0 Å². The first-order valence-corrected chi connectivity index (χ1v) is 5.49. The van der Waals surface area contributed by atoms with Crippen LogP contribution in [0.5, 0.6) is 0 Å². The van der Waals surface area contributed by atoms with Crippen molar-refractivity contribution in [3.05, 3.63) is 23.5 Å². The van der Waals surface area contributed by atoms with Crippen molar-refractivity contribution in [3.63, 3.8) is 0 Å². The normalized spacial score (nSPS) is 27.9. The van der Waals surface area contributed by atoms with Crippen LogP contribution in [0, 0.1) is 17.3 Å². The lowest BCUT2D eigenvalue weighted by atomic mass is 9.70. The van der Waals surface area contributed by atoms with Gasteiger partial charge in [0.15, 0.2) is 0 Å². The van der Waals surface area contributed by atoms with E-state index in [9.17, 15) is 5.11 Å². The largest absolute Gasteiger partial charge is 0.511 e. The molecule has 0 fully saturated rings. The lowest BCUT2D eigenvalue weighted by Gasteiger charge is -2.36. The minimum atomic E-state index is -0.0612. The van der Waals surface area contributed by atoms with E-state index in [4.69, 9.17) is 0 Å². The summed E-state index contributed by atoms with van der Waals surface area (Å²) in [6, 6.07) is 0. The van der Waals surface area contributed by atoms with Gasteiger partial charge in [0, 0.05) is 5.41 Å². The Kier molecular flexibility index (Phi) is 3.08. The molecule has 1 N–H and O–H groups in total. The van der Waals surface area contributed by atoms with Gasteiger partial charge >= 0.3 is 0 Å². The number of hydrogen-bond donors (Lipinski definition) is 1. The average Bonchev–Trinajstić information content (AvgIpc) is 2.09. The molecule has 1 atom stereocenters. The SMILES string of the molecule is CC(C)C1=C(O)C(C)(C(C)C)CC=C1. The van der Waals surface area contributed by atoms with E-state index in [1.807, 2.05) is 0 Å². The van der Waals surface area contributed by atoms with Crippen molar-refractivity contribution in [1.82, 2.24) is 0 Å². The average molecular weight is 194 g/mol. The molecule has 1 rings (SSSR count). The first-order valence-electron chi connectivity index (χ1n) is 5.49. The zero-order chi connectivity index (χ0) is 10.9. The molecule has 1 aliphatic rings. The lowest BCUT2D eigenvalue weighted by Crippen LogP contribution is -2.29. The van der Waals surface area contributed by atoms with Gasteiger partial charge in [0.05, 0.1) is 0 Å². The molecule has 0 saturated carbocycles. The predicted octanol–water partition coefficient (Wildman–Crippen LogP) is 4.08. The molecule has 0 aliphatic heterocycles.